The Bertz CT molecular complexity index is 1600. The van der Waals surface area contributed by atoms with Gasteiger partial charge in [0.05, 0.1) is 80.2 Å². The summed E-state index contributed by atoms with van der Waals surface area (Å²) in [6.45, 7) is 13.5. The Kier molecular flexibility index (Phi) is 15.6. The maximum Gasteiger partial charge on any atom is 0.243 e. The van der Waals surface area contributed by atoms with Crippen molar-refractivity contribution >= 4 is 23.2 Å². The molecule has 14 nitrogen and oxygen atoms in total. The lowest BCUT2D eigenvalue weighted by atomic mass is 9.91. The summed E-state index contributed by atoms with van der Waals surface area (Å²) in [6, 6.07) is 6.77. The van der Waals surface area contributed by atoms with Crippen molar-refractivity contribution in [1.29, 1.82) is 0 Å². The SMILES string of the molecule is Cc1cc([C@@H](C(=O)N2C[C@H](O)C[C@H]2C(=O)NCc2ccc(-c3scnc3C)cc2OCCOCCOCCOCCO[C@@H]2CCN(C)C2)C(C)C)on1. The number of nitrogens with zero attached hydrogens (tertiary/aromatic N) is 4. The van der Waals surface area contributed by atoms with Gasteiger partial charge in [0.25, 0.3) is 0 Å². The van der Waals surface area contributed by atoms with Crippen LogP contribution in [0.25, 0.3) is 10.4 Å². The Labute approximate surface area is 316 Å². The Morgan fingerprint density at radius 3 is 2.36 bits per heavy atom. The molecule has 2 amide bonds. The lowest BCUT2D eigenvalue weighted by molar-refractivity contribution is -0.141. The topological polar surface area (TPSA) is 158 Å². The first kappa shape index (κ1) is 40.7. The number of rotatable bonds is 21. The third-order valence-electron chi connectivity index (χ3n) is 9.44. The first-order valence-electron chi connectivity index (χ1n) is 18.5. The smallest absolute Gasteiger partial charge is 0.243 e. The summed E-state index contributed by atoms with van der Waals surface area (Å²) in [6.07, 6.45) is 0.714. The molecule has 1 aromatic carbocycles. The monoisotopic (exact) mass is 757 g/mol. The van der Waals surface area contributed by atoms with Crippen LogP contribution in [-0.4, -0.2) is 135 Å². The molecule has 0 aliphatic carbocycles. The molecule has 15 heteroatoms. The number of β-amino-alcohol motifs (C(OH)–C–C–N with tert-alkyl or cyclic N) is 1. The van der Waals surface area contributed by atoms with Crippen molar-refractivity contribution in [2.75, 3.05) is 79.5 Å². The summed E-state index contributed by atoms with van der Waals surface area (Å²) >= 11 is 1.55. The van der Waals surface area contributed by atoms with Crippen molar-refractivity contribution < 1.29 is 42.9 Å². The molecule has 0 spiro atoms. The molecule has 2 N–H and O–H groups in total. The third kappa shape index (κ3) is 11.8. The molecule has 0 unspecified atom stereocenters. The summed E-state index contributed by atoms with van der Waals surface area (Å²) in [5.41, 5.74) is 5.13. The van der Waals surface area contributed by atoms with E-state index in [4.69, 9.17) is 28.2 Å². The fourth-order valence-corrected chi connectivity index (χ4v) is 7.46. The highest BCUT2D eigenvalue weighted by Gasteiger charge is 2.43. The minimum atomic E-state index is -0.827. The lowest BCUT2D eigenvalue weighted by Gasteiger charge is -2.28. The molecule has 2 aromatic heterocycles. The van der Waals surface area contributed by atoms with E-state index in [1.165, 1.54) is 4.90 Å². The number of aromatic nitrogens is 2. The van der Waals surface area contributed by atoms with E-state index >= 15 is 0 Å². The molecule has 2 aliphatic rings. The van der Waals surface area contributed by atoms with Crippen molar-refractivity contribution in [3.63, 3.8) is 0 Å². The molecule has 292 valence electrons. The zero-order valence-electron chi connectivity index (χ0n) is 31.6. The van der Waals surface area contributed by atoms with Gasteiger partial charge in [-0.15, -0.1) is 11.3 Å². The Balaban J connectivity index is 1.08. The van der Waals surface area contributed by atoms with Gasteiger partial charge in [-0.1, -0.05) is 31.1 Å². The summed E-state index contributed by atoms with van der Waals surface area (Å²) in [4.78, 5) is 36.6. The van der Waals surface area contributed by atoms with Crippen molar-refractivity contribution in [3.05, 3.63) is 52.5 Å². The zero-order chi connectivity index (χ0) is 37.7. The summed E-state index contributed by atoms with van der Waals surface area (Å²) < 4.78 is 34.4. The highest BCUT2D eigenvalue weighted by Crippen LogP contribution is 2.33. The van der Waals surface area contributed by atoms with Gasteiger partial charge in [-0.3, -0.25) is 9.59 Å². The van der Waals surface area contributed by atoms with E-state index in [1.807, 2.05) is 44.5 Å². The van der Waals surface area contributed by atoms with Crippen LogP contribution in [-0.2, 0) is 35.1 Å². The second kappa shape index (κ2) is 20.3. The number of aliphatic hydroxyl groups is 1. The van der Waals surface area contributed by atoms with E-state index < -0.39 is 18.1 Å². The second-order valence-corrected chi connectivity index (χ2v) is 14.9. The van der Waals surface area contributed by atoms with E-state index in [9.17, 15) is 14.7 Å². The fourth-order valence-electron chi connectivity index (χ4n) is 6.66. The number of aryl methyl sites for hydroxylation is 2. The zero-order valence-corrected chi connectivity index (χ0v) is 32.4. The molecule has 4 atom stereocenters. The van der Waals surface area contributed by atoms with Gasteiger partial charge in [0, 0.05) is 44.2 Å². The molecule has 2 saturated heterocycles. The molecule has 0 bridgehead atoms. The molecule has 0 radical (unpaired) electrons. The van der Waals surface area contributed by atoms with E-state index in [0.29, 0.717) is 76.2 Å². The highest BCUT2D eigenvalue weighted by atomic mass is 32.1. The molecule has 2 fully saturated rings. The van der Waals surface area contributed by atoms with Gasteiger partial charge in [0.15, 0.2) is 0 Å². The molecule has 5 rings (SSSR count). The molecular formula is C38H55N5O9S. The summed E-state index contributed by atoms with van der Waals surface area (Å²) in [5, 5.41) is 17.5. The Morgan fingerprint density at radius 2 is 1.74 bits per heavy atom. The molecule has 0 saturated carbocycles. The lowest BCUT2D eigenvalue weighted by Crippen LogP contribution is -2.48. The predicted octanol–water partition coefficient (Wildman–Crippen LogP) is 3.58. The first-order chi connectivity index (χ1) is 25.6. The van der Waals surface area contributed by atoms with Crippen molar-refractivity contribution in [1.82, 2.24) is 25.3 Å². The van der Waals surface area contributed by atoms with Gasteiger partial charge in [-0.05, 0) is 44.9 Å². The van der Waals surface area contributed by atoms with Gasteiger partial charge >= 0.3 is 0 Å². The fraction of sp³-hybridized carbons (Fsp3) is 0.632. The van der Waals surface area contributed by atoms with Crippen molar-refractivity contribution in [2.24, 2.45) is 5.92 Å². The van der Waals surface area contributed by atoms with Gasteiger partial charge in [-0.2, -0.15) is 0 Å². The number of carbonyl (C=O) groups is 2. The predicted molar refractivity (Wildman–Crippen MR) is 199 cm³/mol. The summed E-state index contributed by atoms with van der Waals surface area (Å²) in [5.74, 6) is -0.288. The summed E-state index contributed by atoms with van der Waals surface area (Å²) in [7, 11) is 2.11. The number of likely N-dealkylation sites (tertiary alicyclic amines) is 2. The van der Waals surface area contributed by atoms with E-state index in [1.54, 1.807) is 24.3 Å². The van der Waals surface area contributed by atoms with Gasteiger partial charge in [0.2, 0.25) is 11.8 Å². The van der Waals surface area contributed by atoms with E-state index in [-0.39, 0.29) is 37.2 Å². The number of hydrogen-bond donors (Lipinski definition) is 2. The van der Waals surface area contributed by atoms with Crippen LogP contribution in [0.4, 0.5) is 0 Å². The normalized spacial score (nSPS) is 19.7. The largest absolute Gasteiger partial charge is 0.491 e. The Morgan fingerprint density at radius 1 is 1.02 bits per heavy atom. The number of thiazole rings is 1. The van der Waals surface area contributed by atoms with Crippen LogP contribution in [0, 0.1) is 19.8 Å². The highest BCUT2D eigenvalue weighted by molar-refractivity contribution is 7.13. The molecule has 3 aromatic rings. The number of likely N-dealkylation sites (N-methyl/N-ethyl adjacent to an activating group) is 1. The average Bonchev–Trinajstić information content (AvgIpc) is 3.94. The number of nitrogens with one attached hydrogen (secondary N) is 1. The van der Waals surface area contributed by atoms with Gasteiger partial charge in [-0.25, -0.2) is 4.98 Å². The van der Waals surface area contributed by atoms with E-state index in [2.05, 4.69) is 27.4 Å². The third-order valence-corrected chi connectivity index (χ3v) is 10.4. The van der Waals surface area contributed by atoms with Crippen LogP contribution in [0.15, 0.2) is 34.3 Å². The number of ether oxygens (including phenoxy) is 5. The number of hydrogen-bond acceptors (Lipinski definition) is 13. The second-order valence-electron chi connectivity index (χ2n) is 14.0. The number of amides is 2. The number of benzene rings is 1. The van der Waals surface area contributed by atoms with Crippen LogP contribution in [0.5, 0.6) is 5.75 Å². The minimum Gasteiger partial charge on any atom is -0.491 e. The van der Waals surface area contributed by atoms with Crippen LogP contribution in [0.2, 0.25) is 0 Å². The quantitative estimate of drug-likeness (QED) is 0.153. The molecular weight excluding hydrogens is 703 g/mol. The van der Waals surface area contributed by atoms with Crippen LogP contribution in [0.3, 0.4) is 0 Å². The number of carbonyl (C=O) groups excluding carboxylic acids is 2. The van der Waals surface area contributed by atoms with Crippen LogP contribution in [0.1, 0.15) is 55.3 Å². The maximum atomic E-state index is 13.8. The van der Waals surface area contributed by atoms with Crippen LogP contribution < -0.4 is 10.1 Å². The number of aliphatic hydroxyl groups excluding tert-OH is 1. The van der Waals surface area contributed by atoms with E-state index in [0.717, 1.165) is 41.2 Å². The average molecular weight is 758 g/mol. The van der Waals surface area contributed by atoms with Crippen LogP contribution >= 0.6 is 11.3 Å². The molecule has 2 aliphatic heterocycles. The Hall–Kier alpha value is -3.44. The minimum absolute atomic E-state index is 0.0669. The van der Waals surface area contributed by atoms with Gasteiger partial charge < -0.3 is 48.4 Å². The molecule has 53 heavy (non-hydrogen) atoms. The molecule has 4 heterocycles. The van der Waals surface area contributed by atoms with Crippen molar-refractivity contribution in [2.45, 2.75) is 71.2 Å². The van der Waals surface area contributed by atoms with Gasteiger partial charge in [0.1, 0.15) is 30.1 Å². The maximum absolute atomic E-state index is 13.8. The standard InChI is InChI=1S/C38H55N5O9S/c1-25(2)35(34-18-26(3)41-52-34)38(46)43-22-30(44)20-32(43)37(45)39-21-29-7-6-28(36-27(4)40-24-53-36)19-33(29)51-17-15-49-13-11-47-10-12-48-14-16-50-31-8-9-42(5)23-31/h6-7,18-19,24-25,30-32,35,44H,8-17,20-23H2,1-5H3,(H,39,45)/t30-,31-,32+,35+/m1/s1. The van der Waals surface area contributed by atoms with Crippen molar-refractivity contribution in [3.8, 4) is 16.2 Å². The first-order valence-corrected chi connectivity index (χ1v) is 19.4.